The summed E-state index contributed by atoms with van der Waals surface area (Å²) in [5.74, 6) is 0.424. The fourth-order valence-electron chi connectivity index (χ4n) is 2.78. The molecule has 1 aromatic carbocycles. The molecule has 2 rings (SSSR count). The lowest BCUT2D eigenvalue weighted by atomic mass is 9.97. The number of hydrogen-bond donors (Lipinski definition) is 2. The second kappa shape index (κ2) is 6.43. The largest absolute Gasteiger partial charge is 0.396 e. The van der Waals surface area contributed by atoms with Crippen LogP contribution in [0.4, 0.5) is 0 Å². The van der Waals surface area contributed by atoms with E-state index in [1.165, 1.54) is 6.07 Å². The predicted molar refractivity (Wildman–Crippen MR) is 79.3 cm³/mol. The number of halogens is 1. The molecule has 4 nitrogen and oxygen atoms in total. The summed E-state index contributed by atoms with van der Waals surface area (Å²) in [5, 5.41) is 9.68. The summed E-state index contributed by atoms with van der Waals surface area (Å²) in [6.07, 6.45) is 2.98. The number of benzene rings is 1. The number of sulfonamides is 1. The fraction of sp³-hybridized carbons (Fsp3) is 0.571. The first-order chi connectivity index (χ1) is 9.44. The number of aliphatic hydroxyl groups is 1. The Labute approximate surface area is 125 Å². The second-order valence-electron chi connectivity index (χ2n) is 5.40. The van der Waals surface area contributed by atoms with Crippen LogP contribution in [0.25, 0.3) is 0 Å². The van der Waals surface area contributed by atoms with Gasteiger partial charge in [-0.05, 0) is 49.3 Å². The van der Waals surface area contributed by atoms with Crippen LogP contribution in [-0.4, -0.2) is 26.7 Å². The van der Waals surface area contributed by atoms with Gasteiger partial charge in [0.15, 0.2) is 0 Å². The van der Waals surface area contributed by atoms with Crippen molar-refractivity contribution in [2.45, 2.75) is 31.1 Å². The van der Waals surface area contributed by atoms with Crippen molar-refractivity contribution in [2.75, 3.05) is 13.2 Å². The molecule has 1 aromatic rings. The second-order valence-corrected chi connectivity index (χ2v) is 7.57. The first-order valence-electron chi connectivity index (χ1n) is 6.80. The van der Waals surface area contributed by atoms with Crippen LogP contribution in [0.3, 0.4) is 0 Å². The molecule has 0 spiro atoms. The van der Waals surface area contributed by atoms with Crippen LogP contribution >= 0.6 is 11.6 Å². The van der Waals surface area contributed by atoms with Crippen molar-refractivity contribution in [3.05, 3.63) is 28.8 Å². The molecule has 1 aliphatic rings. The Morgan fingerprint density at radius 1 is 1.35 bits per heavy atom. The van der Waals surface area contributed by atoms with Crippen LogP contribution in [0, 0.1) is 18.8 Å². The van der Waals surface area contributed by atoms with E-state index in [0.29, 0.717) is 17.1 Å². The van der Waals surface area contributed by atoms with Crippen molar-refractivity contribution >= 4 is 21.6 Å². The summed E-state index contributed by atoms with van der Waals surface area (Å²) in [7, 11) is -3.55. The average Bonchev–Trinajstić information content (AvgIpc) is 2.86. The Bertz CT molecular complexity index is 574. The SMILES string of the molecule is Cc1ccc(Cl)cc1S(=O)(=O)NCC1CCCC1CO. The van der Waals surface area contributed by atoms with Gasteiger partial charge in [-0.3, -0.25) is 0 Å². The Kier molecular flexibility index (Phi) is 5.07. The van der Waals surface area contributed by atoms with Gasteiger partial charge in [-0.25, -0.2) is 13.1 Å². The molecule has 112 valence electrons. The smallest absolute Gasteiger partial charge is 0.240 e. The van der Waals surface area contributed by atoms with Crippen LogP contribution in [0.1, 0.15) is 24.8 Å². The topological polar surface area (TPSA) is 66.4 Å². The number of aryl methyl sites for hydroxylation is 1. The van der Waals surface area contributed by atoms with Crippen molar-refractivity contribution in [1.29, 1.82) is 0 Å². The third kappa shape index (κ3) is 3.52. The monoisotopic (exact) mass is 317 g/mol. The van der Waals surface area contributed by atoms with E-state index < -0.39 is 10.0 Å². The van der Waals surface area contributed by atoms with Crippen molar-refractivity contribution in [2.24, 2.45) is 11.8 Å². The molecular weight excluding hydrogens is 298 g/mol. The maximum absolute atomic E-state index is 12.3. The lowest BCUT2D eigenvalue weighted by Gasteiger charge is -2.18. The number of nitrogens with one attached hydrogen (secondary N) is 1. The van der Waals surface area contributed by atoms with Crippen molar-refractivity contribution in [1.82, 2.24) is 4.72 Å². The molecule has 0 radical (unpaired) electrons. The molecule has 0 bridgehead atoms. The molecule has 0 heterocycles. The van der Waals surface area contributed by atoms with Crippen LogP contribution < -0.4 is 4.72 Å². The van der Waals surface area contributed by atoms with Crippen molar-refractivity contribution in [3.8, 4) is 0 Å². The highest BCUT2D eigenvalue weighted by atomic mass is 35.5. The first kappa shape index (κ1) is 15.8. The molecule has 1 saturated carbocycles. The van der Waals surface area contributed by atoms with Crippen LogP contribution in [0.2, 0.25) is 5.02 Å². The van der Waals surface area contributed by atoms with Crippen molar-refractivity contribution in [3.63, 3.8) is 0 Å². The van der Waals surface area contributed by atoms with Gasteiger partial charge in [0.25, 0.3) is 0 Å². The molecular formula is C14H20ClNO3S. The molecule has 2 atom stereocenters. The van der Waals surface area contributed by atoms with Gasteiger partial charge in [0, 0.05) is 18.2 Å². The van der Waals surface area contributed by atoms with Crippen LogP contribution in [0.5, 0.6) is 0 Å². The Morgan fingerprint density at radius 2 is 2.05 bits per heavy atom. The number of hydrogen-bond acceptors (Lipinski definition) is 3. The highest BCUT2D eigenvalue weighted by Crippen LogP contribution is 2.31. The zero-order valence-corrected chi connectivity index (χ0v) is 13.0. The van der Waals surface area contributed by atoms with E-state index in [1.54, 1.807) is 19.1 Å². The van der Waals surface area contributed by atoms with Gasteiger partial charge in [-0.15, -0.1) is 0 Å². The first-order valence-corrected chi connectivity index (χ1v) is 8.67. The molecule has 20 heavy (non-hydrogen) atoms. The van der Waals surface area contributed by atoms with Gasteiger partial charge < -0.3 is 5.11 Å². The molecule has 2 N–H and O–H groups in total. The van der Waals surface area contributed by atoms with Gasteiger partial charge in [0.05, 0.1) is 4.90 Å². The highest BCUT2D eigenvalue weighted by Gasteiger charge is 2.28. The minimum absolute atomic E-state index is 0.128. The standard InChI is InChI=1S/C14H20ClNO3S/c1-10-5-6-13(15)7-14(10)20(18,19)16-8-11-3-2-4-12(11)9-17/h5-7,11-12,16-17H,2-4,8-9H2,1H3. The third-order valence-electron chi connectivity index (χ3n) is 4.03. The molecule has 1 aliphatic carbocycles. The predicted octanol–water partition coefficient (Wildman–Crippen LogP) is 2.34. The maximum Gasteiger partial charge on any atom is 0.240 e. The normalized spacial score (nSPS) is 23.1. The lowest BCUT2D eigenvalue weighted by molar-refractivity contribution is 0.195. The number of rotatable bonds is 5. The Morgan fingerprint density at radius 3 is 2.75 bits per heavy atom. The fourth-order valence-corrected chi connectivity index (χ4v) is 4.38. The lowest BCUT2D eigenvalue weighted by Crippen LogP contribution is -2.32. The Hall–Kier alpha value is -0.620. The van der Waals surface area contributed by atoms with E-state index in [0.717, 1.165) is 19.3 Å². The summed E-state index contributed by atoms with van der Waals surface area (Å²) in [6.45, 7) is 2.25. The Balaban J connectivity index is 2.09. The van der Waals surface area contributed by atoms with Gasteiger partial charge in [-0.1, -0.05) is 24.1 Å². The molecule has 1 fully saturated rings. The molecule has 0 aliphatic heterocycles. The summed E-state index contributed by atoms with van der Waals surface area (Å²) in [6, 6.07) is 4.84. The molecule has 0 saturated heterocycles. The molecule has 6 heteroatoms. The average molecular weight is 318 g/mol. The van der Waals surface area contributed by atoms with Gasteiger partial charge in [0.1, 0.15) is 0 Å². The van der Waals surface area contributed by atoms with E-state index in [9.17, 15) is 13.5 Å². The minimum Gasteiger partial charge on any atom is -0.396 e. The molecule has 0 aromatic heterocycles. The van der Waals surface area contributed by atoms with Gasteiger partial charge in [0.2, 0.25) is 10.0 Å². The zero-order chi connectivity index (χ0) is 14.8. The number of aliphatic hydroxyl groups excluding tert-OH is 1. The van der Waals surface area contributed by atoms with E-state index in [2.05, 4.69) is 4.72 Å². The maximum atomic E-state index is 12.3. The van der Waals surface area contributed by atoms with Gasteiger partial charge >= 0.3 is 0 Å². The molecule has 0 amide bonds. The van der Waals surface area contributed by atoms with E-state index in [-0.39, 0.29) is 23.3 Å². The van der Waals surface area contributed by atoms with E-state index in [1.807, 2.05) is 0 Å². The zero-order valence-electron chi connectivity index (χ0n) is 11.5. The van der Waals surface area contributed by atoms with Gasteiger partial charge in [-0.2, -0.15) is 0 Å². The quantitative estimate of drug-likeness (QED) is 0.876. The summed E-state index contributed by atoms with van der Waals surface area (Å²) >= 11 is 5.87. The minimum atomic E-state index is -3.55. The summed E-state index contributed by atoms with van der Waals surface area (Å²) < 4.78 is 27.3. The summed E-state index contributed by atoms with van der Waals surface area (Å²) in [4.78, 5) is 0.226. The van der Waals surface area contributed by atoms with Crippen LogP contribution in [-0.2, 0) is 10.0 Å². The third-order valence-corrected chi connectivity index (χ3v) is 5.83. The van der Waals surface area contributed by atoms with E-state index in [4.69, 9.17) is 11.6 Å². The molecule has 2 unspecified atom stereocenters. The van der Waals surface area contributed by atoms with Crippen LogP contribution in [0.15, 0.2) is 23.1 Å². The summed E-state index contributed by atoms with van der Waals surface area (Å²) in [5.41, 5.74) is 0.673. The van der Waals surface area contributed by atoms with E-state index >= 15 is 0 Å². The highest BCUT2D eigenvalue weighted by molar-refractivity contribution is 7.89. The van der Waals surface area contributed by atoms with Crippen molar-refractivity contribution < 1.29 is 13.5 Å².